The van der Waals surface area contributed by atoms with Crippen LogP contribution < -0.4 is 10.1 Å². The fraction of sp³-hybridized carbons (Fsp3) is 0.235. The Morgan fingerprint density at radius 1 is 1.23 bits per heavy atom. The first-order valence-electron chi connectivity index (χ1n) is 7.08. The third-order valence-electron chi connectivity index (χ3n) is 3.71. The fourth-order valence-corrected chi connectivity index (χ4v) is 2.92. The summed E-state index contributed by atoms with van der Waals surface area (Å²) in [5.41, 5.74) is 3.26. The molecule has 2 aromatic carbocycles. The quantitative estimate of drug-likeness (QED) is 0.941. The van der Waals surface area contributed by atoms with Crippen LogP contribution >= 0.6 is 11.6 Å². The number of anilines is 1. The molecule has 0 aliphatic carbocycles. The predicted octanol–water partition coefficient (Wildman–Crippen LogP) is 3.30. The summed E-state index contributed by atoms with van der Waals surface area (Å²) in [6.45, 7) is 1.98. The van der Waals surface area contributed by atoms with Gasteiger partial charge in [-0.25, -0.2) is 0 Å². The molecule has 0 fully saturated rings. The molecule has 1 aliphatic heterocycles. The Balaban J connectivity index is 1.59. The summed E-state index contributed by atoms with van der Waals surface area (Å²) < 4.78 is 5.10. The maximum absolute atomic E-state index is 12.2. The highest BCUT2D eigenvalue weighted by molar-refractivity contribution is 6.32. The first-order valence-corrected chi connectivity index (χ1v) is 7.46. The van der Waals surface area contributed by atoms with Crippen molar-refractivity contribution in [1.82, 2.24) is 4.90 Å². The number of hydrogen-bond donors (Lipinski definition) is 1. The Labute approximate surface area is 134 Å². The third-order valence-corrected chi connectivity index (χ3v) is 4.00. The molecule has 22 heavy (non-hydrogen) atoms. The minimum atomic E-state index is -0.0472. The van der Waals surface area contributed by atoms with Gasteiger partial charge in [0.2, 0.25) is 5.91 Å². The number of benzene rings is 2. The SMILES string of the molecule is COc1ccc(NC(=O)CN2Cc3ccccc3C2)cc1Cl. The summed E-state index contributed by atoms with van der Waals surface area (Å²) in [6, 6.07) is 13.5. The standard InChI is InChI=1S/C17H17ClN2O2/c1-22-16-7-6-14(8-15(16)18)19-17(21)11-20-9-12-4-2-3-5-13(12)10-20/h2-8H,9-11H2,1H3,(H,19,21). The average molecular weight is 317 g/mol. The van der Waals surface area contributed by atoms with Crippen molar-refractivity contribution in [2.75, 3.05) is 19.0 Å². The zero-order chi connectivity index (χ0) is 15.5. The second kappa shape index (κ2) is 6.38. The molecule has 0 atom stereocenters. The maximum Gasteiger partial charge on any atom is 0.238 e. The van der Waals surface area contributed by atoms with Crippen LogP contribution in [0.4, 0.5) is 5.69 Å². The lowest BCUT2D eigenvalue weighted by Crippen LogP contribution is -2.29. The molecule has 2 aromatic rings. The number of rotatable bonds is 4. The van der Waals surface area contributed by atoms with E-state index in [0.717, 1.165) is 13.1 Å². The molecular formula is C17H17ClN2O2. The maximum atomic E-state index is 12.2. The van der Waals surface area contributed by atoms with Crippen LogP contribution in [0.15, 0.2) is 42.5 Å². The molecular weight excluding hydrogens is 300 g/mol. The normalized spacial score (nSPS) is 13.7. The van der Waals surface area contributed by atoms with Crippen LogP contribution in [-0.2, 0) is 17.9 Å². The summed E-state index contributed by atoms with van der Waals surface area (Å²) in [5.74, 6) is 0.545. The minimum Gasteiger partial charge on any atom is -0.495 e. The molecule has 114 valence electrons. The van der Waals surface area contributed by atoms with E-state index in [1.807, 2.05) is 12.1 Å². The van der Waals surface area contributed by atoms with Crippen LogP contribution in [0, 0.1) is 0 Å². The van der Waals surface area contributed by atoms with Gasteiger partial charge in [0.15, 0.2) is 0 Å². The van der Waals surface area contributed by atoms with Crippen LogP contribution in [-0.4, -0.2) is 24.5 Å². The van der Waals surface area contributed by atoms with Crippen molar-refractivity contribution < 1.29 is 9.53 Å². The van der Waals surface area contributed by atoms with E-state index in [4.69, 9.17) is 16.3 Å². The van der Waals surface area contributed by atoms with E-state index >= 15 is 0 Å². The van der Waals surface area contributed by atoms with E-state index in [2.05, 4.69) is 22.3 Å². The molecule has 4 nitrogen and oxygen atoms in total. The van der Waals surface area contributed by atoms with Gasteiger partial charge < -0.3 is 10.1 Å². The van der Waals surface area contributed by atoms with Gasteiger partial charge in [0, 0.05) is 18.8 Å². The molecule has 1 heterocycles. The van der Waals surface area contributed by atoms with Crippen LogP contribution in [0.1, 0.15) is 11.1 Å². The van der Waals surface area contributed by atoms with Crippen molar-refractivity contribution in [2.24, 2.45) is 0 Å². The molecule has 0 aromatic heterocycles. The van der Waals surface area contributed by atoms with Crippen LogP contribution in [0.2, 0.25) is 5.02 Å². The Morgan fingerprint density at radius 2 is 1.91 bits per heavy atom. The molecule has 0 bridgehead atoms. The largest absolute Gasteiger partial charge is 0.495 e. The first kappa shape index (κ1) is 14.9. The van der Waals surface area contributed by atoms with Gasteiger partial charge in [-0.05, 0) is 29.3 Å². The van der Waals surface area contributed by atoms with E-state index in [0.29, 0.717) is 23.0 Å². The van der Waals surface area contributed by atoms with Crippen molar-refractivity contribution in [3.8, 4) is 5.75 Å². The molecule has 0 spiro atoms. The number of nitrogens with zero attached hydrogens (tertiary/aromatic N) is 1. The van der Waals surface area contributed by atoms with E-state index in [9.17, 15) is 4.79 Å². The molecule has 0 unspecified atom stereocenters. The monoisotopic (exact) mass is 316 g/mol. The summed E-state index contributed by atoms with van der Waals surface area (Å²) in [7, 11) is 1.56. The van der Waals surface area contributed by atoms with Crippen LogP contribution in [0.5, 0.6) is 5.75 Å². The van der Waals surface area contributed by atoms with E-state index in [1.54, 1.807) is 25.3 Å². The highest BCUT2D eigenvalue weighted by atomic mass is 35.5. The fourth-order valence-electron chi connectivity index (χ4n) is 2.66. The van der Waals surface area contributed by atoms with Crippen molar-refractivity contribution in [1.29, 1.82) is 0 Å². The number of amides is 1. The van der Waals surface area contributed by atoms with Gasteiger partial charge in [-0.15, -0.1) is 0 Å². The molecule has 1 amide bonds. The van der Waals surface area contributed by atoms with Crippen molar-refractivity contribution in [3.63, 3.8) is 0 Å². The van der Waals surface area contributed by atoms with Gasteiger partial charge >= 0.3 is 0 Å². The van der Waals surface area contributed by atoms with Crippen LogP contribution in [0.3, 0.4) is 0 Å². The molecule has 5 heteroatoms. The summed E-state index contributed by atoms with van der Waals surface area (Å²) in [4.78, 5) is 14.3. The summed E-state index contributed by atoms with van der Waals surface area (Å²) in [5, 5.41) is 3.35. The number of methoxy groups -OCH3 is 1. The Bertz CT molecular complexity index is 678. The predicted molar refractivity (Wildman–Crippen MR) is 87.2 cm³/mol. The highest BCUT2D eigenvalue weighted by Gasteiger charge is 2.20. The topological polar surface area (TPSA) is 41.6 Å². The van der Waals surface area contributed by atoms with Crippen molar-refractivity contribution in [2.45, 2.75) is 13.1 Å². The van der Waals surface area contributed by atoms with Gasteiger partial charge in [-0.3, -0.25) is 9.69 Å². The van der Waals surface area contributed by atoms with E-state index in [-0.39, 0.29) is 5.91 Å². The van der Waals surface area contributed by atoms with Crippen LogP contribution in [0.25, 0.3) is 0 Å². The first-order chi connectivity index (χ1) is 10.7. The zero-order valence-corrected chi connectivity index (χ0v) is 13.1. The number of nitrogens with one attached hydrogen (secondary N) is 1. The number of hydrogen-bond acceptors (Lipinski definition) is 3. The van der Waals surface area contributed by atoms with Gasteiger partial charge in [-0.2, -0.15) is 0 Å². The zero-order valence-electron chi connectivity index (χ0n) is 12.3. The van der Waals surface area contributed by atoms with Gasteiger partial charge in [0.05, 0.1) is 18.7 Å². The second-order valence-electron chi connectivity index (χ2n) is 5.31. The summed E-state index contributed by atoms with van der Waals surface area (Å²) >= 11 is 6.06. The molecule has 0 saturated heterocycles. The average Bonchev–Trinajstić information content (AvgIpc) is 2.89. The second-order valence-corrected chi connectivity index (χ2v) is 5.72. The number of fused-ring (bicyclic) bond motifs is 1. The number of ether oxygens (including phenoxy) is 1. The van der Waals surface area contributed by atoms with Gasteiger partial charge in [0.25, 0.3) is 0 Å². The Kier molecular flexibility index (Phi) is 4.32. The number of carbonyl (C=O) groups is 1. The van der Waals surface area contributed by atoms with Gasteiger partial charge in [-0.1, -0.05) is 35.9 Å². The number of carbonyl (C=O) groups excluding carboxylic acids is 1. The lowest BCUT2D eigenvalue weighted by Gasteiger charge is -2.14. The lowest BCUT2D eigenvalue weighted by atomic mass is 10.1. The van der Waals surface area contributed by atoms with E-state index < -0.39 is 0 Å². The van der Waals surface area contributed by atoms with Gasteiger partial charge in [0.1, 0.15) is 5.75 Å². The van der Waals surface area contributed by atoms with Crippen molar-refractivity contribution >= 4 is 23.2 Å². The lowest BCUT2D eigenvalue weighted by molar-refractivity contribution is -0.117. The highest BCUT2D eigenvalue weighted by Crippen LogP contribution is 2.27. The van der Waals surface area contributed by atoms with Crippen molar-refractivity contribution in [3.05, 3.63) is 58.6 Å². The molecule has 3 rings (SSSR count). The molecule has 0 radical (unpaired) electrons. The Morgan fingerprint density at radius 3 is 2.50 bits per heavy atom. The minimum absolute atomic E-state index is 0.0472. The van der Waals surface area contributed by atoms with E-state index in [1.165, 1.54) is 11.1 Å². The molecule has 1 aliphatic rings. The number of halogens is 1. The molecule has 1 N–H and O–H groups in total. The third kappa shape index (κ3) is 3.24. The smallest absolute Gasteiger partial charge is 0.238 e. The molecule has 0 saturated carbocycles. The summed E-state index contributed by atoms with van der Waals surface area (Å²) in [6.07, 6.45) is 0. The Hall–Kier alpha value is -2.04.